The van der Waals surface area contributed by atoms with E-state index in [1.807, 2.05) is 37.3 Å². The fourth-order valence-electron chi connectivity index (χ4n) is 2.18. The van der Waals surface area contributed by atoms with Crippen molar-refractivity contribution < 1.29 is 4.79 Å². The minimum atomic E-state index is -0.0886. The summed E-state index contributed by atoms with van der Waals surface area (Å²) in [6.07, 6.45) is 2.36. The Morgan fingerprint density at radius 2 is 2.00 bits per heavy atom. The predicted octanol–water partition coefficient (Wildman–Crippen LogP) is 3.12. The van der Waals surface area contributed by atoms with Crippen LogP contribution in [-0.4, -0.2) is 15.7 Å². The molecule has 0 saturated heterocycles. The Balaban J connectivity index is 2.01. The highest BCUT2D eigenvalue weighted by Gasteiger charge is 2.19. The molecule has 4 heteroatoms. The van der Waals surface area contributed by atoms with Crippen LogP contribution in [0.3, 0.4) is 0 Å². The van der Waals surface area contributed by atoms with Gasteiger partial charge in [-0.1, -0.05) is 23.7 Å². The van der Waals surface area contributed by atoms with Crippen LogP contribution in [0.4, 0.5) is 0 Å². The molecule has 3 nitrogen and oxygen atoms in total. The standard InChI is InChI=1S/C14H11ClN2O/c1-9-6-13-7-11(8-14(18)17(13)16-9)10-2-4-12(15)5-3-10/h2-6,8H,7H2,1H3. The highest BCUT2D eigenvalue weighted by atomic mass is 35.5. The Bertz CT molecular complexity index is 653. The third-order valence-corrected chi connectivity index (χ3v) is 3.25. The summed E-state index contributed by atoms with van der Waals surface area (Å²) < 4.78 is 1.47. The van der Waals surface area contributed by atoms with Crippen molar-refractivity contribution in [2.24, 2.45) is 0 Å². The van der Waals surface area contributed by atoms with Gasteiger partial charge in [0.1, 0.15) is 0 Å². The fraction of sp³-hybridized carbons (Fsp3) is 0.143. The SMILES string of the molecule is Cc1cc2n(n1)C(=O)C=C(c1ccc(Cl)cc1)C2. The number of hydrogen-bond donors (Lipinski definition) is 0. The van der Waals surface area contributed by atoms with Crippen molar-refractivity contribution in [3.05, 3.63) is 58.4 Å². The second-order valence-corrected chi connectivity index (χ2v) is 4.82. The van der Waals surface area contributed by atoms with Gasteiger partial charge in [0.05, 0.1) is 11.4 Å². The first kappa shape index (κ1) is 11.2. The van der Waals surface area contributed by atoms with E-state index < -0.39 is 0 Å². The molecule has 0 amide bonds. The highest BCUT2D eigenvalue weighted by Crippen LogP contribution is 2.25. The molecule has 0 saturated carbocycles. The van der Waals surface area contributed by atoms with Gasteiger partial charge in [0.25, 0.3) is 5.91 Å². The number of nitrogens with zero attached hydrogens (tertiary/aromatic N) is 2. The van der Waals surface area contributed by atoms with Crippen LogP contribution < -0.4 is 0 Å². The summed E-state index contributed by atoms with van der Waals surface area (Å²) in [6.45, 7) is 1.89. The maximum atomic E-state index is 11.9. The van der Waals surface area contributed by atoms with Crippen LogP contribution in [0.2, 0.25) is 5.02 Å². The molecular weight excluding hydrogens is 248 g/mol. The first-order valence-corrected chi connectivity index (χ1v) is 6.08. The average Bonchev–Trinajstić information content (AvgIpc) is 2.71. The Labute approximate surface area is 110 Å². The normalized spacial score (nSPS) is 14.3. The third-order valence-electron chi connectivity index (χ3n) is 3.00. The molecule has 90 valence electrons. The minimum Gasteiger partial charge on any atom is -0.267 e. The maximum absolute atomic E-state index is 11.9. The molecule has 1 aromatic carbocycles. The number of hydrogen-bond acceptors (Lipinski definition) is 2. The van der Waals surface area contributed by atoms with Gasteiger partial charge in [-0.25, -0.2) is 4.68 Å². The Kier molecular flexibility index (Phi) is 2.56. The molecule has 0 unspecified atom stereocenters. The van der Waals surface area contributed by atoms with Crippen LogP contribution in [0.15, 0.2) is 36.4 Å². The zero-order valence-electron chi connectivity index (χ0n) is 9.85. The van der Waals surface area contributed by atoms with Crippen molar-refractivity contribution in [2.45, 2.75) is 13.3 Å². The summed E-state index contributed by atoms with van der Waals surface area (Å²) in [5, 5.41) is 4.87. The van der Waals surface area contributed by atoms with Crippen molar-refractivity contribution in [1.82, 2.24) is 9.78 Å². The zero-order valence-corrected chi connectivity index (χ0v) is 10.6. The van der Waals surface area contributed by atoms with Crippen molar-refractivity contribution >= 4 is 23.1 Å². The molecule has 0 spiro atoms. The summed E-state index contributed by atoms with van der Waals surface area (Å²) in [4.78, 5) is 11.9. The van der Waals surface area contributed by atoms with Crippen LogP contribution >= 0.6 is 11.6 Å². The van der Waals surface area contributed by atoms with Gasteiger partial charge >= 0.3 is 0 Å². The van der Waals surface area contributed by atoms with Gasteiger partial charge in [-0.3, -0.25) is 4.79 Å². The number of aryl methyl sites for hydroxylation is 1. The Morgan fingerprint density at radius 3 is 2.72 bits per heavy atom. The van der Waals surface area contributed by atoms with Gasteiger partial charge in [0, 0.05) is 17.5 Å². The van der Waals surface area contributed by atoms with E-state index in [0.717, 1.165) is 22.5 Å². The van der Waals surface area contributed by atoms with Crippen molar-refractivity contribution in [3.63, 3.8) is 0 Å². The van der Waals surface area contributed by atoms with E-state index in [0.29, 0.717) is 11.4 Å². The van der Waals surface area contributed by atoms with Crippen LogP contribution in [0, 0.1) is 6.92 Å². The summed E-state index contributed by atoms with van der Waals surface area (Å²) >= 11 is 5.86. The lowest BCUT2D eigenvalue weighted by molar-refractivity contribution is 0.0948. The van der Waals surface area contributed by atoms with E-state index in [9.17, 15) is 4.79 Å². The first-order chi connectivity index (χ1) is 8.63. The first-order valence-electron chi connectivity index (χ1n) is 5.70. The van der Waals surface area contributed by atoms with Crippen molar-refractivity contribution in [3.8, 4) is 0 Å². The molecular formula is C14H11ClN2O. The quantitative estimate of drug-likeness (QED) is 0.788. The third kappa shape index (κ3) is 1.87. The molecule has 0 bridgehead atoms. The largest absolute Gasteiger partial charge is 0.271 e. The molecule has 0 aliphatic carbocycles. The van der Waals surface area contributed by atoms with Gasteiger partial charge in [-0.05, 0) is 36.3 Å². The van der Waals surface area contributed by atoms with E-state index in [1.54, 1.807) is 6.08 Å². The molecule has 0 atom stereocenters. The minimum absolute atomic E-state index is 0.0886. The molecule has 18 heavy (non-hydrogen) atoms. The number of allylic oxidation sites excluding steroid dienone is 2. The number of rotatable bonds is 1. The predicted molar refractivity (Wildman–Crippen MR) is 70.7 cm³/mol. The van der Waals surface area contributed by atoms with Gasteiger partial charge in [0.15, 0.2) is 0 Å². The molecule has 3 rings (SSSR count). The van der Waals surface area contributed by atoms with Crippen molar-refractivity contribution in [2.75, 3.05) is 0 Å². The van der Waals surface area contributed by atoms with Gasteiger partial charge < -0.3 is 0 Å². The summed E-state index contributed by atoms with van der Waals surface area (Å²) in [5.74, 6) is -0.0886. The lowest BCUT2D eigenvalue weighted by Crippen LogP contribution is -2.18. The number of benzene rings is 1. The number of aromatic nitrogens is 2. The van der Waals surface area contributed by atoms with E-state index in [2.05, 4.69) is 5.10 Å². The maximum Gasteiger partial charge on any atom is 0.271 e. The van der Waals surface area contributed by atoms with Crippen molar-refractivity contribution in [1.29, 1.82) is 0 Å². The lowest BCUT2D eigenvalue weighted by atomic mass is 9.98. The summed E-state index contributed by atoms with van der Waals surface area (Å²) in [5.41, 5.74) is 3.83. The second kappa shape index (κ2) is 4.10. The van der Waals surface area contributed by atoms with E-state index in [1.165, 1.54) is 4.68 Å². The second-order valence-electron chi connectivity index (χ2n) is 4.38. The Morgan fingerprint density at radius 1 is 1.28 bits per heavy atom. The van der Waals surface area contributed by atoms with Gasteiger partial charge in [-0.2, -0.15) is 5.10 Å². The summed E-state index contributed by atoms with van der Waals surface area (Å²) in [7, 11) is 0. The van der Waals surface area contributed by atoms with Crippen LogP contribution in [0.5, 0.6) is 0 Å². The number of carbonyl (C=O) groups excluding carboxylic acids is 1. The fourth-order valence-corrected chi connectivity index (χ4v) is 2.30. The number of halogens is 1. The van der Waals surface area contributed by atoms with Gasteiger partial charge in [0.2, 0.25) is 0 Å². The Hall–Kier alpha value is -1.87. The zero-order chi connectivity index (χ0) is 12.7. The molecule has 2 heterocycles. The molecule has 2 aromatic rings. The highest BCUT2D eigenvalue weighted by molar-refractivity contribution is 6.30. The summed E-state index contributed by atoms with van der Waals surface area (Å²) in [6, 6.07) is 9.47. The van der Waals surface area contributed by atoms with E-state index in [4.69, 9.17) is 11.6 Å². The van der Waals surface area contributed by atoms with Crippen LogP contribution in [0.1, 0.15) is 21.7 Å². The van der Waals surface area contributed by atoms with Crippen LogP contribution in [0.25, 0.3) is 5.57 Å². The smallest absolute Gasteiger partial charge is 0.267 e. The number of carbonyl (C=O) groups is 1. The lowest BCUT2D eigenvalue weighted by Gasteiger charge is -2.14. The molecule has 0 N–H and O–H groups in total. The molecule has 0 radical (unpaired) electrons. The number of fused-ring (bicyclic) bond motifs is 1. The average molecular weight is 259 g/mol. The monoisotopic (exact) mass is 258 g/mol. The molecule has 1 aliphatic heterocycles. The molecule has 0 fully saturated rings. The topological polar surface area (TPSA) is 34.9 Å². The van der Waals surface area contributed by atoms with E-state index >= 15 is 0 Å². The van der Waals surface area contributed by atoms with E-state index in [-0.39, 0.29) is 5.91 Å². The molecule has 1 aromatic heterocycles. The van der Waals surface area contributed by atoms with Gasteiger partial charge in [-0.15, -0.1) is 0 Å². The van der Waals surface area contributed by atoms with Crippen LogP contribution in [-0.2, 0) is 6.42 Å². The molecule has 1 aliphatic rings.